The van der Waals surface area contributed by atoms with Gasteiger partial charge in [0.15, 0.2) is 4.96 Å². The number of benzene rings is 1. The van der Waals surface area contributed by atoms with Gasteiger partial charge >= 0.3 is 0 Å². The Kier molecular flexibility index (Phi) is 4.70. The van der Waals surface area contributed by atoms with Crippen LogP contribution >= 0.6 is 11.3 Å². The van der Waals surface area contributed by atoms with Crippen molar-refractivity contribution >= 4 is 28.1 Å². The molecule has 0 spiro atoms. The number of hydrogen-bond donors (Lipinski definition) is 0. The van der Waals surface area contributed by atoms with E-state index in [0.29, 0.717) is 31.9 Å². The maximum atomic E-state index is 13.1. The molecule has 0 N–H and O–H groups in total. The first kappa shape index (κ1) is 17.7. The van der Waals surface area contributed by atoms with E-state index in [2.05, 4.69) is 19.1 Å². The second-order valence-electron chi connectivity index (χ2n) is 6.87. The Balaban J connectivity index is 1.61. The minimum atomic E-state index is 0.000357. The maximum Gasteiger partial charge on any atom is 0.271 e. The van der Waals surface area contributed by atoms with Gasteiger partial charge in [0, 0.05) is 50.2 Å². The lowest BCUT2D eigenvalue weighted by atomic mass is 10.1. The van der Waals surface area contributed by atoms with Gasteiger partial charge in [0.1, 0.15) is 5.69 Å². The van der Waals surface area contributed by atoms with Crippen molar-refractivity contribution in [3.05, 3.63) is 47.1 Å². The second kappa shape index (κ2) is 7.15. The van der Waals surface area contributed by atoms with Gasteiger partial charge < -0.3 is 9.80 Å². The standard InChI is InChI=1S/C20H22N4O2S/c1-14-6-3-4-7-16(14)17-12-24-18(13-27-20(24)21-17)19(26)23-9-5-8-22(10-11-23)15(2)25/h3-4,6-7,12-13H,5,8-11H2,1-2H3. The van der Waals surface area contributed by atoms with Crippen molar-refractivity contribution in [1.29, 1.82) is 0 Å². The molecule has 1 fully saturated rings. The van der Waals surface area contributed by atoms with Crippen LogP contribution in [0.5, 0.6) is 0 Å². The predicted molar refractivity (Wildman–Crippen MR) is 106 cm³/mol. The number of amides is 2. The van der Waals surface area contributed by atoms with Crippen molar-refractivity contribution in [2.45, 2.75) is 20.3 Å². The molecule has 3 heterocycles. The number of thiazole rings is 1. The normalized spacial score (nSPS) is 15.2. The van der Waals surface area contributed by atoms with E-state index in [9.17, 15) is 9.59 Å². The Morgan fingerprint density at radius 2 is 1.81 bits per heavy atom. The first-order valence-electron chi connectivity index (χ1n) is 9.12. The van der Waals surface area contributed by atoms with Gasteiger partial charge in [-0.1, -0.05) is 24.3 Å². The third-order valence-electron chi connectivity index (χ3n) is 5.08. The van der Waals surface area contributed by atoms with Gasteiger partial charge in [0.2, 0.25) is 5.91 Å². The molecule has 1 saturated heterocycles. The van der Waals surface area contributed by atoms with Gasteiger partial charge in [-0.2, -0.15) is 0 Å². The zero-order chi connectivity index (χ0) is 19.0. The highest BCUT2D eigenvalue weighted by atomic mass is 32.1. The molecule has 0 radical (unpaired) electrons. The lowest BCUT2D eigenvalue weighted by Crippen LogP contribution is -2.36. The lowest BCUT2D eigenvalue weighted by Gasteiger charge is -2.21. The van der Waals surface area contributed by atoms with Gasteiger partial charge in [-0.25, -0.2) is 4.98 Å². The van der Waals surface area contributed by atoms with E-state index >= 15 is 0 Å². The third-order valence-corrected chi connectivity index (χ3v) is 5.92. The van der Waals surface area contributed by atoms with Crippen LogP contribution in [0.15, 0.2) is 35.8 Å². The van der Waals surface area contributed by atoms with Gasteiger partial charge in [0.25, 0.3) is 5.91 Å². The van der Waals surface area contributed by atoms with Crippen LogP contribution in [0.1, 0.15) is 29.4 Å². The fourth-order valence-corrected chi connectivity index (χ4v) is 4.37. The molecule has 2 aromatic heterocycles. The van der Waals surface area contributed by atoms with Gasteiger partial charge in [-0.05, 0) is 18.9 Å². The highest BCUT2D eigenvalue weighted by Crippen LogP contribution is 2.26. The molecule has 0 bridgehead atoms. The summed E-state index contributed by atoms with van der Waals surface area (Å²) in [7, 11) is 0. The van der Waals surface area contributed by atoms with Crippen LogP contribution < -0.4 is 0 Å². The highest BCUT2D eigenvalue weighted by molar-refractivity contribution is 7.15. The van der Waals surface area contributed by atoms with Crippen LogP contribution in [0.3, 0.4) is 0 Å². The van der Waals surface area contributed by atoms with Crippen LogP contribution in [0.4, 0.5) is 0 Å². The molecule has 7 heteroatoms. The monoisotopic (exact) mass is 382 g/mol. The molecule has 0 saturated carbocycles. The van der Waals surface area contributed by atoms with E-state index in [4.69, 9.17) is 4.98 Å². The summed E-state index contributed by atoms with van der Waals surface area (Å²) in [6.07, 6.45) is 2.75. The fourth-order valence-electron chi connectivity index (χ4n) is 3.53. The van der Waals surface area contributed by atoms with Crippen LogP contribution in [0.25, 0.3) is 16.2 Å². The molecule has 3 aromatic rings. The number of rotatable bonds is 2. The zero-order valence-corrected chi connectivity index (χ0v) is 16.3. The zero-order valence-electron chi connectivity index (χ0n) is 15.5. The fraction of sp³-hybridized carbons (Fsp3) is 0.350. The number of fused-ring (bicyclic) bond motifs is 1. The summed E-state index contributed by atoms with van der Waals surface area (Å²) in [6.45, 7) is 6.17. The summed E-state index contributed by atoms with van der Waals surface area (Å²) in [5.41, 5.74) is 3.76. The Labute approximate surface area is 162 Å². The van der Waals surface area contributed by atoms with Crippen molar-refractivity contribution in [3.63, 3.8) is 0 Å². The van der Waals surface area contributed by atoms with E-state index in [-0.39, 0.29) is 11.8 Å². The molecule has 1 aliphatic heterocycles. The summed E-state index contributed by atoms with van der Waals surface area (Å²) in [5.74, 6) is 0.0695. The Morgan fingerprint density at radius 1 is 1.07 bits per heavy atom. The molecule has 6 nitrogen and oxygen atoms in total. The maximum absolute atomic E-state index is 13.1. The summed E-state index contributed by atoms with van der Waals surface area (Å²) < 4.78 is 1.89. The van der Waals surface area contributed by atoms with Crippen LogP contribution in [-0.2, 0) is 4.79 Å². The Morgan fingerprint density at radius 3 is 2.59 bits per heavy atom. The van der Waals surface area contributed by atoms with Crippen molar-refractivity contribution < 1.29 is 9.59 Å². The molecule has 4 rings (SSSR count). The van der Waals surface area contributed by atoms with E-state index in [1.54, 1.807) is 6.92 Å². The van der Waals surface area contributed by atoms with E-state index < -0.39 is 0 Å². The molecule has 0 atom stereocenters. The van der Waals surface area contributed by atoms with Crippen molar-refractivity contribution in [3.8, 4) is 11.3 Å². The topological polar surface area (TPSA) is 57.9 Å². The van der Waals surface area contributed by atoms with E-state index in [1.807, 2.05) is 37.9 Å². The molecule has 0 unspecified atom stereocenters. The van der Waals surface area contributed by atoms with Crippen molar-refractivity contribution in [2.75, 3.05) is 26.2 Å². The molecule has 1 aromatic carbocycles. The van der Waals surface area contributed by atoms with Gasteiger partial charge in [-0.3, -0.25) is 14.0 Å². The molecule has 1 aliphatic rings. The number of imidazole rings is 1. The minimum absolute atomic E-state index is 0.000357. The number of aryl methyl sites for hydroxylation is 1. The van der Waals surface area contributed by atoms with E-state index in [1.165, 1.54) is 11.3 Å². The van der Waals surface area contributed by atoms with Crippen LogP contribution in [0.2, 0.25) is 0 Å². The molecule has 27 heavy (non-hydrogen) atoms. The molecular weight excluding hydrogens is 360 g/mol. The first-order chi connectivity index (χ1) is 13.0. The number of aromatic nitrogens is 2. The number of hydrogen-bond acceptors (Lipinski definition) is 4. The molecular formula is C20H22N4O2S. The minimum Gasteiger partial charge on any atom is -0.341 e. The van der Waals surface area contributed by atoms with Gasteiger partial charge in [0.05, 0.1) is 5.69 Å². The van der Waals surface area contributed by atoms with Crippen LogP contribution in [0, 0.1) is 6.92 Å². The Bertz CT molecular complexity index is 1010. The smallest absolute Gasteiger partial charge is 0.271 e. The van der Waals surface area contributed by atoms with Crippen molar-refractivity contribution in [2.24, 2.45) is 0 Å². The van der Waals surface area contributed by atoms with E-state index in [0.717, 1.165) is 28.2 Å². The molecule has 140 valence electrons. The summed E-state index contributed by atoms with van der Waals surface area (Å²) in [5, 5.41) is 1.87. The summed E-state index contributed by atoms with van der Waals surface area (Å²) >= 11 is 1.48. The number of carbonyl (C=O) groups excluding carboxylic acids is 2. The SMILES string of the molecule is CC(=O)N1CCCN(C(=O)c2csc3nc(-c4ccccc4C)cn23)CC1. The summed E-state index contributed by atoms with van der Waals surface area (Å²) in [6, 6.07) is 8.12. The van der Waals surface area contributed by atoms with Crippen LogP contribution in [-0.4, -0.2) is 57.2 Å². The molecule has 2 amide bonds. The average Bonchev–Trinajstić information content (AvgIpc) is 3.13. The largest absolute Gasteiger partial charge is 0.341 e. The molecule has 0 aliphatic carbocycles. The average molecular weight is 382 g/mol. The second-order valence-corrected chi connectivity index (χ2v) is 7.70. The summed E-state index contributed by atoms with van der Waals surface area (Å²) in [4.78, 5) is 33.9. The number of nitrogens with zero attached hydrogens (tertiary/aromatic N) is 4. The van der Waals surface area contributed by atoms with Gasteiger partial charge in [-0.15, -0.1) is 11.3 Å². The quantitative estimate of drug-likeness (QED) is 0.684. The highest BCUT2D eigenvalue weighted by Gasteiger charge is 2.24. The Hall–Kier alpha value is -2.67. The first-order valence-corrected chi connectivity index (χ1v) is 10.00. The van der Waals surface area contributed by atoms with Crippen molar-refractivity contribution in [1.82, 2.24) is 19.2 Å². The predicted octanol–water partition coefficient (Wildman–Crippen LogP) is 3.07. The lowest BCUT2D eigenvalue weighted by molar-refractivity contribution is -0.128. The number of carbonyl (C=O) groups is 2. The third kappa shape index (κ3) is 3.35.